The van der Waals surface area contributed by atoms with Gasteiger partial charge in [-0.3, -0.25) is 4.79 Å². The predicted molar refractivity (Wildman–Crippen MR) is 78.9 cm³/mol. The zero-order valence-electron chi connectivity index (χ0n) is 11.0. The second kappa shape index (κ2) is 5.02. The number of ether oxygens (including phenoxy) is 1. The highest BCUT2D eigenvalue weighted by atomic mass is 32.1. The van der Waals surface area contributed by atoms with Crippen LogP contribution in [0.25, 0.3) is 12.2 Å². The molecule has 106 valence electrons. The van der Waals surface area contributed by atoms with E-state index in [2.05, 4.69) is 15.0 Å². The summed E-state index contributed by atoms with van der Waals surface area (Å²) in [6.45, 7) is 0. The van der Waals surface area contributed by atoms with Gasteiger partial charge in [0.15, 0.2) is 4.77 Å². The number of fused-ring (bicyclic) bond motifs is 1. The number of aromatic hydroxyl groups is 1. The number of hydrogen-bond acceptors (Lipinski definition) is 4. The zero-order valence-corrected chi connectivity index (χ0v) is 11.8. The van der Waals surface area contributed by atoms with Crippen molar-refractivity contribution in [1.29, 1.82) is 0 Å². The van der Waals surface area contributed by atoms with Crippen LogP contribution in [0.3, 0.4) is 0 Å². The van der Waals surface area contributed by atoms with Crippen molar-refractivity contribution in [1.82, 2.24) is 9.97 Å². The molecule has 1 aromatic heterocycles. The van der Waals surface area contributed by atoms with Gasteiger partial charge < -0.3 is 19.8 Å². The Labute approximate surface area is 124 Å². The molecule has 3 rings (SSSR count). The van der Waals surface area contributed by atoms with E-state index in [9.17, 15) is 9.90 Å². The minimum atomic E-state index is -0.382. The smallest absolute Gasteiger partial charge is 0.277 e. The quantitative estimate of drug-likeness (QED) is 0.565. The summed E-state index contributed by atoms with van der Waals surface area (Å²) in [5.41, 5.74) is 0.678. The van der Waals surface area contributed by atoms with Crippen molar-refractivity contribution in [2.24, 2.45) is 4.99 Å². The molecule has 0 radical (unpaired) electrons. The number of aromatic amines is 2. The molecule has 1 aromatic carbocycles. The number of amides is 1. The Kier molecular flexibility index (Phi) is 3.19. The van der Waals surface area contributed by atoms with Gasteiger partial charge in [-0.05, 0) is 42.6 Å². The normalized spacial score (nSPS) is 15.3. The molecule has 1 aliphatic rings. The van der Waals surface area contributed by atoms with Crippen LogP contribution in [0.5, 0.6) is 11.6 Å². The lowest BCUT2D eigenvalue weighted by Crippen LogP contribution is -2.30. The summed E-state index contributed by atoms with van der Waals surface area (Å²) in [5.74, 6) is 0.176. The fourth-order valence-electron chi connectivity index (χ4n) is 2.03. The first-order valence-corrected chi connectivity index (χ1v) is 6.49. The Balaban J connectivity index is 2.16. The number of nitrogens with one attached hydrogen (secondary N) is 2. The zero-order chi connectivity index (χ0) is 15.0. The fraction of sp³-hybridized carbons (Fsp3) is 0.0714. The van der Waals surface area contributed by atoms with Crippen LogP contribution >= 0.6 is 12.2 Å². The van der Waals surface area contributed by atoms with Crippen LogP contribution in [-0.2, 0) is 4.79 Å². The first kappa shape index (κ1) is 13.3. The van der Waals surface area contributed by atoms with Gasteiger partial charge >= 0.3 is 0 Å². The molecule has 7 heteroatoms. The molecule has 0 atom stereocenters. The third-order valence-corrected chi connectivity index (χ3v) is 3.25. The summed E-state index contributed by atoms with van der Waals surface area (Å²) in [6, 6.07) is 5.26. The topological polar surface area (TPSA) is 90.5 Å². The van der Waals surface area contributed by atoms with E-state index in [1.165, 1.54) is 6.08 Å². The molecule has 2 aromatic rings. The van der Waals surface area contributed by atoms with Crippen molar-refractivity contribution >= 4 is 30.3 Å². The van der Waals surface area contributed by atoms with Crippen molar-refractivity contribution in [3.63, 3.8) is 0 Å². The van der Waals surface area contributed by atoms with E-state index in [1.54, 1.807) is 31.4 Å². The lowest BCUT2D eigenvalue weighted by molar-refractivity contribution is -0.114. The maximum absolute atomic E-state index is 12.0. The monoisotopic (exact) mass is 301 g/mol. The highest BCUT2D eigenvalue weighted by Gasteiger charge is 2.12. The molecule has 0 saturated carbocycles. The van der Waals surface area contributed by atoms with Crippen LogP contribution in [0.2, 0.25) is 0 Å². The molecule has 1 aliphatic heterocycles. The number of nitrogens with zero attached hydrogens (tertiary/aromatic N) is 1. The van der Waals surface area contributed by atoms with Crippen molar-refractivity contribution < 1.29 is 14.6 Å². The van der Waals surface area contributed by atoms with Crippen LogP contribution < -0.4 is 15.3 Å². The summed E-state index contributed by atoms with van der Waals surface area (Å²) >= 11 is 4.88. The van der Waals surface area contributed by atoms with E-state index in [-0.39, 0.29) is 16.6 Å². The molecule has 3 N–H and O–H groups in total. The Morgan fingerprint density at radius 3 is 2.86 bits per heavy atom. The minimum Gasteiger partial charge on any atom is -0.497 e. The third-order valence-electron chi connectivity index (χ3n) is 3.05. The molecule has 6 nitrogen and oxygen atoms in total. The van der Waals surface area contributed by atoms with Crippen molar-refractivity contribution in [3.05, 3.63) is 44.8 Å². The predicted octanol–water partition coefficient (Wildman–Crippen LogP) is 0.810. The van der Waals surface area contributed by atoms with Crippen LogP contribution in [0.15, 0.2) is 28.8 Å². The van der Waals surface area contributed by atoms with Crippen LogP contribution in [0.1, 0.15) is 5.69 Å². The lowest BCUT2D eigenvalue weighted by atomic mass is 10.1. The van der Waals surface area contributed by atoms with Crippen molar-refractivity contribution in [2.45, 2.75) is 0 Å². The average Bonchev–Trinajstić information content (AvgIpc) is 2.77. The van der Waals surface area contributed by atoms with Gasteiger partial charge in [0, 0.05) is 10.8 Å². The van der Waals surface area contributed by atoms with Crippen molar-refractivity contribution in [3.8, 4) is 11.6 Å². The molecule has 0 fully saturated rings. The Morgan fingerprint density at radius 1 is 1.38 bits per heavy atom. The molecule has 0 bridgehead atoms. The number of H-pyrrole nitrogens is 2. The Hall–Kier alpha value is -2.67. The summed E-state index contributed by atoms with van der Waals surface area (Å²) in [7, 11) is 1.57. The van der Waals surface area contributed by atoms with Crippen LogP contribution in [0.4, 0.5) is 0 Å². The largest absolute Gasteiger partial charge is 0.497 e. The maximum Gasteiger partial charge on any atom is 0.277 e. The molecule has 0 spiro atoms. The molecular formula is C14H11N3O3S. The maximum atomic E-state index is 12.0. The second-order valence-electron chi connectivity index (χ2n) is 4.43. The van der Waals surface area contributed by atoms with Gasteiger partial charge in [-0.15, -0.1) is 0 Å². The molecule has 21 heavy (non-hydrogen) atoms. The third kappa shape index (κ3) is 2.50. The fourth-order valence-corrected chi connectivity index (χ4v) is 2.24. The van der Waals surface area contributed by atoms with E-state index in [0.717, 1.165) is 5.22 Å². The van der Waals surface area contributed by atoms with Gasteiger partial charge in [0.25, 0.3) is 5.91 Å². The van der Waals surface area contributed by atoms with Gasteiger partial charge in [0.2, 0.25) is 5.88 Å². The van der Waals surface area contributed by atoms with Gasteiger partial charge in [-0.25, -0.2) is 4.99 Å². The highest BCUT2D eigenvalue weighted by molar-refractivity contribution is 7.71. The number of carbonyl (C=O) groups excluding carboxylic acids is 1. The van der Waals surface area contributed by atoms with Gasteiger partial charge in [-0.1, -0.05) is 0 Å². The molecular weight excluding hydrogens is 290 g/mol. The standard InChI is InChI=1S/C14H11N3O3S/c1-20-9-2-3-10-7(5-9)4-8(12(18)15-10)6-11-13(19)17-14(21)16-11/h2-6,19H,1H3,(H2,16,17,21)/b8-6-. The number of hydrogen-bond donors (Lipinski definition) is 3. The van der Waals surface area contributed by atoms with Gasteiger partial charge in [-0.2, -0.15) is 0 Å². The number of aromatic nitrogens is 2. The summed E-state index contributed by atoms with van der Waals surface area (Å²) in [5, 5.41) is 11.0. The number of benzene rings is 1. The molecule has 1 amide bonds. The number of carbonyl (C=O) groups is 1. The van der Waals surface area contributed by atoms with E-state index in [4.69, 9.17) is 17.0 Å². The SMILES string of the molecule is COc1ccc2c(c1)=C/C(=C/c1[nH]c(=S)[nH]c1O)C(=O)N=2. The van der Waals surface area contributed by atoms with E-state index in [0.29, 0.717) is 22.4 Å². The number of rotatable bonds is 2. The van der Waals surface area contributed by atoms with Gasteiger partial charge in [0.1, 0.15) is 11.4 Å². The molecule has 0 saturated heterocycles. The first-order valence-electron chi connectivity index (χ1n) is 6.08. The van der Waals surface area contributed by atoms with Crippen molar-refractivity contribution in [2.75, 3.05) is 7.11 Å². The summed E-state index contributed by atoms with van der Waals surface area (Å²) in [6.07, 6.45) is 3.19. The molecule has 0 aliphatic carbocycles. The van der Waals surface area contributed by atoms with E-state index < -0.39 is 0 Å². The molecule has 0 unspecified atom stereocenters. The molecule has 2 heterocycles. The van der Waals surface area contributed by atoms with Gasteiger partial charge in [0.05, 0.1) is 12.5 Å². The summed E-state index contributed by atoms with van der Waals surface area (Å²) in [4.78, 5) is 21.3. The van der Waals surface area contributed by atoms with E-state index in [1.807, 2.05) is 0 Å². The minimum absolute atomic E-state index is 0.120. The Bertz CT molecular complexity index is 937. The Morgan fingerprint density at radius 2 is 2.19 bits per heavy atom. The number of methoxy groups -OCH3 is 1. The number of imidazole rings is 1. The lowest BCUT2D eigenvalue weighted by Gasteiger charge is -2.04. The summed E-state index contributed by atoms with van der Waals surface area (Å²) < 4.78 is 5.43. The van der Waals surface area contributed by atoms with E-state index >= 15 is 0 Å². The average molecular weight is 301 g/mol. The van der Waals surface area contributed by atoms with Crippen LogP contribution in [0, 0.1) is 4.77 Å². The van der Waals surface area contributed by atoms with Crippen LogP contribution in [-0.4, -0.2) is 28.1 Å². The second-order valence-corrected chi connectivity index (χ2v) is 4.84. The highest BCUT2D eigenvalue weighted by Crippen LogP contribution is 2.17. The first-order chi connectivity index (χ1) is 10.1.